The Morgan fingerprint density at radius 1 is 0.551 bits per heavy atom. The third-order valence-electron chi connectivity index (χ3n) is 30.7. The number of rotatable bonds is 24. The number of aromatic nitrogens is 4. The molecule has 7 aliphatic heterocycles. The fourth-order valence-electron chi connectivity index (χ4n) is 22.1. The van der Waals surface area contributed by atoms with Crippen LogP contribution in [0.15, 0.2) is 176 Å². The lowest BCUT2D eigenvalue weighted by atomic mass is 9.73. The number of allylic oxidation sites excluding steroid dienone is 1. The van der Waals surface area contributed by atoms with E-state index in [0.717, 1.165) is 75.9 Å². The van der Waals surface area contributed by atoms with Crippen molar-refractivity contribution in [1.29, 1.82) is 0 Å². The molecule has 6 fully saturated rings. The number of amides is 1. The molecule has 1 amide bonds. The fourth-order valence-corrected chi connectivity index (χ4v) is 22.1. The van der Waals surface area contributed by atoms with E-state index in [1.165, 1.54) is 64.6 Å². The molecule has 2 N–H and O–H groups in total. The first kappa shape index (κ1) is 115. The number of likely N-dealkylation sites (N-methyl/N-ethyl adjacent to an activating group) is 2. The highest BCUT2D eigenvalue weighted by molar-refractivity contribution is 6.01. The molecule has 0 spiro atoms. The highest BCUT2D eigenvalue weighted by Crippen LogP contribution is 2.47. The number of cyclic esters (lactones) is 2. The summed E-state index contributed by atoms with van der Waals surface area (Å²) in [5, 5.41) is 1.94. The van der Waals surface area contributed by atoms with Gasteiger partial charge in [-0.1, -0.05) is 146 Å². The van der Waals surface area contributed by atoms with Crippen LogP contribution in [0.2, 0.25) is 0 Å². The van der Waals surface area contributed by atoms with Crippen molar-refractivity contribution in [2.45, 2.75) is 277 Å². The number of hydrogen-bond donors (Lipinski definition) is 1. The molecule has 147 heavy (non-hydrogen) atoms. The van der Waals surface area contributed by atoms with E-state index in [1.54, 1.807) is 127 Å². The number of imidazole rings is 1. The molecule has 798 valence electrons. The minimum absolute atomic E-state index is 0.00650. The smallest absolute Gasteiger partial charge is 0.420 e. The highest BCUT2D eigenvalue weighted by atomic mass is 16.7. The number of piperidine rings is 2. The van der Waals surface area contributed by atoms with Gasteiger partial charge in [-0.05, 0) is 285 Å². The van der Waals surface area contributed by atoms with Crippen LogP contribution in [0.1, 0.15) is 207 Å². The predicted molar refractivity (Wildman–Crippen MR) is 559 cm³/mol. The predicted octanol–water partition coefficient (Wildman–Crippen LogP) is 16.4. The van der Waals surface area contributed by atoms with Crippen molar-refractivity contribution in [2.75, 3.05) is 94.8 Å². The average molecular weight is 2030 g/mol. The Hall–Kier alpha value is -11.0. The van der Waals surface area contributed by atoms with E-state index in [2.05, 4.69) is 38.8 Å². The van der Waals surface area contributed by atoms with E-state index in [1.807, 2.05) is 171 Å². The Balaban J connectivity index is 0.000000240. The number of ketones is 4. The van der Waals surface area contributed by atoms with Crippen LogP contribution in [0.4, 0.5) is 9.59 Å². The maximum absolute atomic E-state index is 15.3. The summed E-state index contributed by atoms with van der Waals surface area (Å²) in [6.07, 6.45) is 11.5. The van der Waals surface area contributed by atoms with Crippen LogP contribution in [0.3, 0.4) is 0 Å². The van der Waals surface area contributed by atoms with Gasteiger partial charge in [0.2, 0.25) is 0 Å². The molecule has 24 atom stereocenters. The largest absolute Gasteiger partial charge is 0.458 e. The molecule has 7 aliphatic rings. The van der Waals surface area contributed by atoms with Crippen molar-refractivity contribution in [1.82, 2.24) is 44.0 Å². The summed E-state index contributed by atoms with van der Waals surface area (Å²) >= 11 is 0. The SMILES string of the molecule is CC[C@H]1OC(=O)[C@H](C)C(=O)[C@H](C)[C@@H](O[C@@H]2O[C@H](C)C[C@H](N(C)C)[C@H]2OC(=O)c2ccccc2)[C@](C)(OC/C=C/c2cnc3ccccc3c2)C[C@@H](C)C(=O)/C(C)=C/[C@]1(C)OC(=O)n1ccnc1.CC[C@H]1OC(=O)[C@H](C)C(=O)[C@H](C)[C@@H](O[C@@H]2O[C@H](C)C[C@H](N(C)C)[C@H]2OC(=O)c2ccccc2)[C@](C)(OC/C=C/c2cnc3ccccc3c2)C[C@@H](C)C(=O)[C@H](C)[C@H]2N(CC3CCN(C)CC3)C(=O)O[C@]12C.CN1CCC(CN)CC1. The Labute approximate surface area is 866 Å². The maximum Gasteiger partial charge on any atom is 0.420 e. The number of esters is 4. The molecule has 14 rings (SSSR count). The number of para-hydroxylation sites is 2. The molecule has 10 heterocycles. The molecular formula is C115H156N10O22. The van der Waals surface area contributed by atoms with Gasteiger partial charge in [-0.15, -0.1) is 0 Å². The molecule has 0 saturated carbocycles. The first-order valence-electron chi connectivity index (χ1n) is 52.2. The lowest BCUT2D eigenvalue weighted by Crippen LogP contribution is -2.61. The van der Waals surface area contributed by atoms with Gasteiger partial charge in [-0.3, -0.25) is 38.7 Å². The van der Waals surface area contributed by atoms with Crippen molar-refractivity contribution in [3.8, 4) is 0 Å². The van der Waals surface area contributed by atoms with Gasteiger partial charge in [0.05, 0.1) is 89.1 Å². The van der Waals surface area contributed by atoms with Crippen LogP contribution < -0.4 is 5.73 Å². The van der Waals surface area contributed by atoms with Crippen molar-refractivity contribution in [2.24, 2.45) is 59.0 Å². The third kappa shape index (κ3) is 28.6. The van der Waals surface area contributed by atoms with Crippen molar-refractivity contribution >= 4 is 93.2 Å². The molecular weight excluding hydrogens is 1870 g/mol. The van der Waals surface area contributed by atoms with Crippen LogP contribution in [0, 0.1) is 53.3 Å². The Kier molecular flexibility index (Phi) is 40.2. The number of pyridine rings is 2. The quantitative estimate of drug-likeness (QED) is 0.0333. The van der Waals surface area contributed by atoms with Crippen LogP contribution >= 0.6 is 0 Å². The number of hydrogen-bond acceptors (Lipinski definition) is 30. The van der Waals surface area contributed by atoms with Crippen molar-refractivity contribution in [3.05, 3.63) is 198 Å². The minimum atomic E-state index is -1.65. The molecule has 32 nitrogen and oxygen atoms in total. The summed E-state index contributed by atoms with van der Waals surface area (Å²) in [5.74, 6) is -10.4. The molecule has 4 aromatic carbocycles. The van der Waals surface area contributed by atoms with Crippen LogP contribution in [0.5, 0.6) is 0 Å². The Morgan fingerprint density at radius 3 is 1.42 bits per heavy atom. The molecule has 0 bridgehead atoms. The normalized spacial score (nSPS) is 32.0. The van der Waals surface area contributed by atoms with Gasteiger partial charge < -0.3 is 87.1 Å². The zero-order chi connectivity index (χ0) is 107. The lowest BCUT2D eigenvalue weighted by Gasteiger charge is -2.48. The first-order valence-corrected chi connectivity index (χ1v) is 52.2. The van der Waals surface area contributed by atoms with Gasteiger partial charge in [0.25, 0.3) is 0 Å². The number of ether oxygens (including phenoxy) is 12. The third-order valence-corrected chi connectivity index (χ3v) is 30.7. The maximum atomic E-state index is 15.3. The minimum Gasteiger partial charge on any atom is -0.458 e. The molecule has 6 saturated heterocycles. The monoisotopic (exact) mass is 2030 g/mol. The van der Waals surface area contributed by atoms with E-state index in [9.17, 15) is 38.4 Å². The zero-order valence-electron chi connectivity index (χ0n) is 89.8. The van der Waals surface area contributed by atoms with Gasteiger partial charge in [0, 0.05) is 71.7 Å². The number of carbonyl (C=O) groups excluding carboxylic acids is 10. The summed E-state index contributed by atoms with van der Waals surface area (Å²) in [6.45, 7) is 33.2. The summed E-state index contributed by atoms with van der Waals surface area (Å²) in [5.41, 5.74) is 3.88. The Morgan fingerprint density at radius 2 is 0.986 bits per heavy atom. The standard InChI is InChI=1S/C56H76N4O11.C52H64N4O11.C7H16N2/c1-12-45-56(8)49(60(54(65)71-56)33-39-24-26-59(11)27-25-39)36(4)46(61)34(2)31-55(7,66-28-18-19-40-30-42-22-16-17-23-43(42)57-32-40)50(37(5)47(62)38(6)51(63)68-45)70-53-48(44(58(9)10)29-35(3)67-53)69-52(64)41-20-14-13-15-21-41;1-11-42-51(7,67-50(61)56-24-23-53-31-56)28-32(2)43(57)33(3)29-52(8,62-25-17-18-37-27-39-21-15-16-22-40(39)54-30-37)46(35(5)44(58)36(6)47(59)64-42)66-49-45(41(55(9)10)26-34(4)63-49)65-48(60)38-19-13-12-14-20-38;1-9-4-2-7(6-8)3-5-9/h13-23,30,32,34-39,44-45,48-50,53H,12,24-29,31,33H2,1-11H3;12-24,27-28,30-31,33-36,41-42,45-46,49H,11,25-26,29H2,1-10H3;7H,2-6,8H2,1H3/b19-18+;18-17+,32-28+;/t34-,35-,36+,37+,38-,44+,45-,48-,49-,50-,53+,55-,56-;33-,34-,35+,36-,41+,42-,45-,46-,49+,51+,52-;/m11./s1. The number of carbonyl (C=O) groups is 10. The van der Waals surface area contributed by atoms with Gasteiger partial charge in [-0.25, -0.2) is 28.7 Å². The fraction of sp³-hybridized carbons (Fsp3) is 0.574. The van der Waals surface area contributed by atoms with Crippen LogP contribution in [-0.2, 0) is 85.6 Å². The van der Waals surface area contributed by atoms with Gasteiger partial charge in [0.1, 0.15) is 36.2 Å². The Bertz CT molecular complexity index is 5710. The first-order chi connectivity index (χ1) is 69.9. The number of nitrogens with zero attached hydrogens (tertiary/aromatic N) is 9. The lowest BCUT2D eigenvalue weighted by molar-refractivity contribution is -0.296. The zero-order valence-corrected chi connectivity index (χ0v) is 89.8. The highest BCUT2D eigenvalue weighted by Gasteiger charge is 2.62. The molecule has 0 aliphatic carbocycles. The van der Waals surface area contributed by atoms with E-state index >= 15 is 9.59 Å². The van der Waals surface area contributed by atoms with E-state index in [-0.39, 0.29) is 86.2 Å². The second-order valence-electron chi connectivity index (χ2n) is 42.7. The van der Waals surface area contributed by atoms with Crippen LogP contribution in [-0.4, -0.2) is 300 Å². The average Bonchev–Trinajstić information content (AvgIpc) is 1.58. The molecule has 3 aromatic heterocycles. The summed E-state index contributed by atoms with van der Waals surface area (Å²) < 4.78 is 79.6. The van der Waals surface area contributed by atoms with Crippen molar-refractivity contribution < 1.29 is 105 Å². The second-order valence-corrected chi connectivity index (χ2v) is 42.7. The van der Waals surface area contributed by atoms with Gasteiger partial charge >= 0.3 is 36.1 Å². The number of likely N-dealkylation sites (tertiary alicyclic amines) is 2. The summed E-state index contributed by atoms with van der Waals surface area (Å²) in [4.78, 5) is 167. The van der Waals surface area contributed by atoms with Crippen LogP contribution in [0.25, 0.3) is 34.0 Å². The molecule has 0 unspecified atom stereocenters. The summed E-state index contributed by atoms with van der Waals surface area (Å²) in [7, 11) is 11.8. The van der Waals surface area contributed by atoms with Crippen molar-refractivity contribution in [3.63, 3.8) is 0 Å². The summed E-state index contributed by atoms with van der Waals surface area (Å²) in [6, 6.07) is 35.4. The number of fused-ring (bicyclic) bond motifs is 3. The number of nitrogens with two attached hydrogens (primary N) is 1. The molecule has 7 aromatic rings. The van der Waals surface area contributed by atoms with E-state index in [4.69, 9.17) is 62.6 Å². The number of benzene rings is 4. The van der Waals surface area contributed by atoms with Gasteiger partial charge in [0.15, 0.2) is 53.3 Å². The van der Waals surface area contributed by atoms with E-state index in [0.29, 0.717) is 30.5 Å². The van der Waals surface area contributed by atoms with E-state index < -0.39 is 167 Å². The molecule has 0 radical (unpaired) electrons. The second kappa shape index (κ2) is 51.5. The topological polar surface area (TPSA) is 367 Å². The number of Topliss-reactive ketones (excluding diaryl/α,β-unsaturated/α-hetero) is 4. The molecule has 32 heteroatoms. The van der Waals surface area contributed by atoms with Gasteiger partial charge in [-0.2, -0.15) is 0 Å².